The predicted molar refractivity (Wildman–Crippen MR) is 129 cm³/mol. The maximum Gasteiger partial charge on any atom is 0.137 e. The monoisotopic (exact) mass is 430 g/mol. The minimum absolute atomic E-state index is 0.484. The van der Waals surface area contributed by atoms with Gasteiger partial charge in [0.25, 0.3) is 0 Å². The van der Waals surface area contributed by atoms with Gasteiger partial charge in [-0.2, -0.15) is 0 Å². The smallest absolute Gasteiger partial charge is 0.137 e. The Hall–Kier alpha value is -2.21. The van der Waals surface area contributed by atoms with Crippen molar-refractivity contribution >= 4 is 11.0 Å². The molecule has 3 aromatic rings. The summed E-state index contributed by atoms with van der Waals surface area (Å²) in [7, 11) is 0. The average molecular weight is 431 g/mol. The van der Waals surface area contributed by atoms with Gasteiger partial charge in [0.15, 0.2) is 0 Å². The fourth-order valence-electron chi connectivity index (χ4n) is 5.92. The van der Waals surface area contributed by atoms with Crippen molar-refractivity contribution in [3.8, 4) is 11.1 Å². The van der Waals surface area contributed by atoms with E-state index in [1.807, 2.05) is 6.20 Å². The molecule has 0 bridgehead atoms. The molecule has 0 aliphatic carbocycles. The van der Waals surface area contributed by atoms with Crippen LogP contribution in [-0.2, 0) is 17.7 Å². The summed E-state index contributed by atoms with van der Waals surface area (Å²) < 4.78 is 5.58. The molecule has 2 fully saturated rings. The van der Waals surface area contributed by atoms with E-state index in [0.717, 1.165) is 44.3 Å². The van der Waals surface area contributed by atoms with E-state index in [9.17, 15) is 0 Å². The number of hydrogen-bond donors (Lipinski definition) is 2. The zero-order valence-electron chi connectivity index (χ0n) is 19.1. The molecule has 5 heterocycles. The molecule has 0 amide bonds. The second kappa shape index (κ2) is 8.62. The zero-order valence-corrected chi connectivity index (χ0v) is 19.1. The fourth-order valence-corrected chi connectivity index (χ4v) is 5.92. The van der Waals surface area contributed by atoms with Crippen LogP contribution in [-0.4, -0.2) is 47.7 Å². The molecule has 1 atom stereocenters. The Balaban J connectivity index is 1.35. The van der Waals surface area contributed by atoms with Crippen LogP contribution in [0.1, 0.15) is 54.0 Å². The number of pyridine rings is 1. The first-order valence-electron chi connectivity index (χ1n) is 12.4. The van der Waals surface area contributed by atoms with Gasteiger partial charge >= 0.3 is 0 Å². The number of aromatic nitrogens is 2. The number of rotatable bonds is 4. The lowest BCUT2D eigenvalue weighted by Crippen LogP contribution is -2.37. The van der Waals surface area contributed by atoms with E-state index in [0.29, 0.717) is 6.04 Å². The molecule has 0 saturated carbocycles. The highest BCUT2D eigenvalue weighted by Gasteiger charge is 2.27. The van der Waals surface area contributed by atoms with Crippen LogP contribution in [0.4, 0.5) is 0 Å². The number of aryl methyl sites for hydroxylation is 1. The van der Waals surface area contributed by atoms with E-state index < -0.39 is 0 Å². The molecule has 168 valence electrons. The number of aromatic amines is 1. The summed E-state index contributed by atoms with van der Waals surface area (Å²) in [6.45, 7) is 8.64. The number of benzene rings is 1. The molecule has 5 heteroatoms. The van der Waals surface area contributed by atoms with Crippen LogP contribution in [0.25, 0.3) is 22.2 Å². The molecule has 2 saturated heterocycles. The largest absolute Gasteiger partial charge is 0.381 e. The molecule has 5 nitrogen and oxygen atoms in total. The molecule has 1 aromatic carbocycles. The lowest BCUT2D eigenvalue weighted by atomic mass is 9.86. The van der Waals surface area contributed by atoms with Gasteiger partial charge < -0.3 is 15.0 Å². The van der Waals surface area contributed by atoms with Crippen molar-refractivity contribution in [2.75, 3.05) is 32.8 Å². The summed E-state index contributed by atoms with van der Waals surface area (Å²) in [5, 5.41) is 5.00. The van der Waals surface area contributed by atoms with Gasteiger partial charge in [0.1, 0.15) is 5.65 Å². The quantitative estimate of drug-likeness (QED) is 0.627. The number of fused-ring (bicyclic) bond motifs is 2. The van der Waals surface area contributed by atoms with Crippen molar-refractivity contribution in [1.29, 1.82) is 0 Å². The summed E-state index contributed by atoms with van der Waals surface area (Å²) >= 11 is 0. The van der Waals surface area contributed by atoms with Gasteiger partial charge in [0, 0.05) is 62.2 Å². The highest BCUT2D eigenvalue weighted by molar-refractivity contribution is 5.84. The predicted octanol–water partition coefficient (Wildman–Crippen LogP) is 4.75. The number of ether oxygens (including phenoxy) is 1. The highest BCUT2D eigenvalue weighted by Crippen LogP contribution is 2.36. The molecular weight excluding hydrogens is 396 g/mol. The molecule has 0 spiro atoms. The number of nitrogens with one attached hydrogen (secondary N) is 2. The molecule has 1 unspecified atom stereocenters. The Morgan fingerprint density at radius 2 is 2.03 bits per heavy atom. The molecular formula is C27H34N4O. The van der Waals surface area contributed by atoms with E-state index in [-0.39, 0.29) is 0 Å². The molecule has 6 rings (SSSR count). The van der Waals surface area contributed by atoms with Gasteiger partial charge in [-0.3, -0.25) is 4.90 Å². The Labute approximate surface area is 190 Å². The lowest BCUT2D eigenvalue weighted by Gasteiger charge is -2.35. The first-order valence-corrected chi connectivity index (χ1v) is 12.4. The Morgan fingerprint density at radius 3 is 2.88 bits per heavy atom. The summed E-state index contributed by atoms with van der Waals surface area (Å²) in [5.74, 6) is 0.792. The third-order valence-electron chi connectivity index (χ3n) is 7.82. The highest BCUT2D eigenvalue weighted by atomic mass is 16.5. The van der Waals surface area contributed by atoms with Gasteiger partial charge in [0.05, 0.1) is 0 Å². The van der Waals surface area contributed by atoms with Gasteiger partial charge in [-0.25, -0.2) is 4.98 Å². The maximum atomic E-state index is 5.58. The molecule has 3 aliphatic rings. The summed E-state index contributed by atoms with van der Waals surface area (Å²) in [4.78, 5) is 10.7. The van der Waals surface area contributed by atoms with Gasteiger partial charge in [0.2, 0.25) is 0 Å². The van der Waals surface area contributed by atoms with E-state index in [1.54, 1.807) is 11.1 Å². The van der Waals surface area contributed by atoms with Crippen LogP contribution in [0.3, 0.4) is 0 Å². The van der Waals surface area contributed by atoms with Crippen LogP contribution >= 0.6 is 0 Å². The van der Waals surface area contributed by atoms with Crippen molar-refractivity contribution in [3.05, 3.63) is 52.8 Å². The fraction of sp³-hybridized carbons (Fsp3) is 0.519. The summed E-state index contributed by atoms with van der Waals surface area (Å²) in [6.07, 6.45) is 10.2. The summed E-state index contributed by atoms with van der Waals surface area (Å²) in [6, 6.07) is 7.70. The lowest BCUT2D eigenvalue weighted by molar-refractivity contribution is 0.0505. The minimum atomic E-state index is 0.484. The Morgan fingerprint density at radius 1 is 1.12 bits per heavy atom. The second-order valence-corrected chi connectivity index (χ2v) is 9.98. The SMILES string of the molecule is Cc1c[nH]c2ncc(-c3cc4c(c(C5CCCN5)c3)CN(CC3CCOCC3)CC4)cc12. The van der Waals surface area contributed by atoms with Crippen molar-refractivity contribution in [3.63, 3.8) is 0 Å². The van der Waals surface area contributed by atoms with Crippen LogP contribution in [0.15, 0.2) is 30.6 Å². The molecule has 0 radical (unpaired) electrons. The average Bonchev–Trinajstić information content (AvgIpc) is 3.49. The van der Waals surface area contributed by atoms with Crippen molar-refractivity contribution < 1.29 is 4.74 Å². The van der Waals surface area contributed by atoms with Gasteiger partial charge in [-0.05, 0) is 91.4 Å². The minimum Gasteiger partial charge on any atom is -0.381 e. The van der Waals surface area contributed by atoms with Crippen LogP contribution in [0.2, 0.25) is 0 Å². The van der Waals surface area contributed by atoms with E-state index in [2.05, 4.69) is 46.5 Å². The van der Waals surface area contributed by atoms with Crippen LogP contribution < -0.4 is 5.32 Å². The van der Waals surface area contributed by atoms with E-state index in [4.69, 9.17) is 9.72 Å². The first kappa shape index (κ1) is 20.4. The van der Waals surface area contributed by atoms with E-state index in [1.165, 1.54) is 66.4 Å². The standard InChI is InChI=1S/C27H34N4O/c1-18-14-29-27-23(18)13-22(15-30-27)21-11-20-4-8-31(16-19-5-9-32-10-6-19)17-25(20)24(12-21)26-3-2-7-28-26/h11-15,19,26,28H,2-10,16-17H2,1H3,(H,29,30). The molecule has 32 heavy (non-hydrogen) atoms. The molecule has 3 aliphatic heterocycles. The topological polar surface area (TPSA) is 53.2 Å². The van der Waals surface area contributed by atoms with Crippen LogP contribution in [0, 0.1) is 12.8 Å². The third kappa shape index (κ3) is 3.87. The third-order valence-corrected chi connectivity index (χ3v) is 7.82. The first-order chi connectivity index (χ1) is 15.7. The molecule has 2 aromatic heterocycles. The Kier molecular flexibility index (Phi) is 5.49. The van der Waals surface area contributed by atoms with Crippen molar-refractivity contribution in [2.24, 2.45) is 5.92 Å². The van der Waals surface area contributed by atoms with Crippen molar-refractivity contribution in [1.82, 2.24) is 20.2 Å². The van der Waals surface area contributed by atoms with Crippen molar-refractivity contribution in [2.45, 2.75) is 51.6 Å². The van der Waals surface area contributed by atoms with Gasteiger partial charge in [-0.15, -0.1) is 0 Å². The Bertz CT molecular complexity index is 1110. The van der Waals surface area contributed by atoms with Crippen LogP contribution in [0.5, 0.6) is 0 Å². The maximum absolute atomic E-state index is 5.58. The summed E-state index contributed by atoms with van der Waals surface area (Å²) in [5.41, 5.74) is 9.43. The number of hydrogen-bond acceptors (Lipinski definition) is 4. The second-order valence-electron chi connectivity index (χ2n) is 9.98. The number of H-pyrrole nitrogens is 1. The van der Waals surface area contributed by atoms with E-state index >= 15 is 0 Å². The number of nitrogens with zero attached hydrogens (tertiary/aromatic N) is 2. The zero-order chi connectivity index (χ0) is 21.5. The normalized spacial score (nSPS) is 22.5. The molecule has 2 N–H and O–H groups in total. The van der Waals surface area contributed by atoms with Gasteiger partial charge in [-0.1, -0.05) is 6.07 Å².